The van der Waals surface area contributed by atoms with Crippen LogP contribution in [0.2, 0.25) is 0 Å². The molecule has 0 aromatic carbocycles. The molecule has 0 spiro atoms. The van der Waals surface area contributed by atoms with Gasteiger partial charge in [0.2, 0.25) is 5.91 Å². The van der Waals surface area contributed by atoms with Crippen LogP contribution >= 0.6 is 0 Å². The van der Waals surface area contributed by atoms with Gasteiger partial charge in [-0.25, -0.2) is 0 Å². The molecule has 0 saturated heterocycles. The maximum atomic E-state index is 12.4. The number of hydrogen-bond acceptors (Lipinski definition) is 5. The Labute approximate surface area is 372 Å². The average Bonchev–Trinajstić information content (AvgIpc) is 3.25. The van der Waals surface area contributed by atoms with E-state index in [1.165, 1.54) is 154 Å². The second-order valence-electron chi connectivity index (χ2n) is 17.5. The molecule has 350 valence electrons. The van der Waals surface area contributed by atoms with Crippen molar-refractivity contribution < 1.29 is 24.5 Å². The van der Waals surface area contributed by atoms with Crippen molar-refractivity contribution in [3.05, 3.63) is 48.6 Å². The summed E-state index contributed by atoms with van der Waals surface area (Å²) in [5.74, 6) is -0.106. The van der Waals surface area contributed by atoms with Crippen LogP contribution in [0.25, 0.3) is 0 Å². The van der Waals surface area contributed by atoms with Gasteiger partial charge in [-0.2, -0.15) is 0 Å². The standard InChI is InChI=1S/C54H99NO5/c1-3-5-7-9-11-13-15-16-17-18-21-24-28-32-36-40-44-48-54(59)60-49-45-41-37-33-29-25-22-19-20-23-27-31-35-39-43-47-53(58)55-51(50-56)52(57)46-42-38-34-30-26-14-12-10-8-6-4-2/h11,13,16-17,22,25,42,46,51-52,56-57H,3-10,12,14-15,18-21,23-24,26-41,43-45,47-50H2,1-2H3,(H,55,58)/b13-11-,17-16-,25-22-,46-42+. The maximum absolute atomic E-state index is 12.4. The molecule has 0 aromatic rings. The number of carbonyl (C=O) groups is 2. The second kappa shape index (κ2) is 49.5. The Balaban J connectivity index is 3.50. The molecule has 3 N–H and O–H groups in total. The molecule has 0 fully saturated rings. The zero-order valence-corrected chi connectivity index (χ0v) is 39.7. The van der Waals surface area contributed by atoms with Crippen LogP contribution in [0.5, 0.6) is 0 Å². The number of amides is 1. The van der Waals surface area contributed by atoms with Crippen LogP contribution in [0, 0.1) is 0 Å². The highest BCUT2D eigenvalue weighted by Gasteiger charge is 2.18. The van der Waals surface area contributed by atoms with Crippen molar-refractivity contribution in [2.24, 2.45) is 0 Å². The van der Waals surface area contributed by atoms with Gasteiger partial charge in [0, 0.05) is 12.8 Å². The number of rotatable bonds is 47. The molecule has 0 aliphatic carbocycles. The minimum atomic E-state index is -0.854. The van der Waals surface area contributed by atoms with Gasteiger partial charge in [0.15, 0.2) is 0 Å². The summed E-state index contributed by atoms with van der Waals surface area (Å²) in [7, 11) is 0. The molecule has 0 saturated carbocycles. The third-order valence-corrected chi connectivity index (χ3v) is 11.6. The molecule has 0 aromatic heterocycles. The normalized spacial score (nSPS) is 13.1. The molecule has 1 amide bonds. The van der Waals surface area contributed by atoms with Crippen LogP contribution in [-0.2, 0) is 14.3 Å². The van der Waals surface area contributed by atoms with Crippen LogP contribution in [0.15, 0.2) is 48.6 Å². The van der Waals surface area contributed by atoms with Crippen molar-refractivity contribution in [2.75, 3.05) is 13.2 Å². The van der Waals surface area contributed by atoms with E-state index in [1.807, 2.05) is 6.08 Å². The predicted molar refractivity (Wildman–Crippen MR) is 259 cm³/mol. The molecule has 6 heteroatoms. The minimum Gasteiger partial charge on any atom is -0.466 e. The molecule has 2 unspecified atom stereocenters. The van der Waals surface area contributed by atoms with Crippen LogP contribution < -0.4 is 5.32 Å². The Morgan fingerprint density at radius 3 is 1.32 bits per heavy atom. The molecule has 60 heavy (non-hydrogen) atoms. The molecule has 2 atom stereocenters. The molecular formula is C54H99NO5. The summed E-state index contributed by atoms with van der Waals surface area (Å²) >= 11 is 0. The fourth-order valence-corrected chi connectivity index (χ4v) is 7.54. The van der Waals surface area contributed by atoms with Gasteiger partial charge < -0.3 is 20.3 Å². The van der Waals surface area contributed by atoms with Gasteiger partial charge in [0.05, 0.1) is 25.4 Å². The first-order chi connectivity index (χ1) is 29.5. The van der Waals surface area contributed by atoms with Crippen LogP contribution in [0.1, 0.15) is 258 Å². The molecular weight excluding hydrogens is 743 g/mol. The van der Waals surface area contributed by atoms with Crippen LogP contribution in [-0.4, -0.2) is 47.4 Å². The summed E-state index contributed by atoms with van der Waals surface area (Å²) in [4.78, 5) is 24.4. The van der Waals surface area contributed by atoms with Gasteiger partial charge in [0.25, 0.3) is 0 Å². The average molecular weight is 842 g/mol. The topological polar surface area (TPSA) is 95.9 Å². The fraction of sp³-hybridized carbons (Fsp3) is 0.815. The highest BCUT2D eigenvalue weighted by Crippen LogP contribution is 2.14. The number of unbranched alkanes of at least 4 members (excludes halogenated alkanes) is 30. The summed E-state index contributed by atoms with van der Waals surface area (Å²) in [5.41, 5.74) is 0. The Kier molecular flexibility index (Phi) is 47.7. The first-order valence-electron chi connectivity index (χ1n) is 25.9. The number of aliphatic hydroxyl groups is 2. The highest BCUT2D eigenvalue weighted by atomic mass is 16.5. The van der Waals surface area contributed by atoms with Crippen molar-refractivity contribution in [3.63, 3.8) is 0 Å². The Morgan fingerprint density at radius 2 is 0.833 bits per heavy atom. The molecule has 0 heterocycles. The van der Waals surface area contributed by atoms with E-state index in [4.69, 9.17) is 4.74 Å². The monoisotopic (exact) mass is 842 g/mol. The number of nitrogens with one attached hydrogen (secondary N) is 1. The lowest BCUT2D eigenvalue weighted by Crippen LogP contribution is -2.45. The third-order valence-electron chi connectivity index (χ3n) is 11.6. The highest BCUT2D eigenvalue weighted by molar-refractivity contribution is 5.76. The Morgan fingerprint density at radius 1 is 0.467 bits per heavy atom. The van der Waals surface area contributed by atoms with Gasteiger partial charge in [-0.05, 0) is 89.9 Å². The molecule has 0 rings (SSSR count). The van der Waals surface area contributed by atoms with Gasteiger partial charge in [-0.1, -0.05) is 204 Å². The van der Waals surface area contributed by atoms with E-state index in [9.17, 15) is 19.8 Å². The molecule has 0 aliphatic heterocycles. The quantitative estimate of drug-likeness (QED) is 0.0322. The predicted octanol–water partition coefficient (Wildman–Crippen LogP) is 15.5. The Hall–Kier alpha value is -2.18. The van der Waals surface area contributed by atoms with E-state index in [0.717, 1.165) is 77.0 Å². The summed E-state index contributed by atoms with van der Waals surface area (Å²) in [6, 6.07) is -0.639. The van der Waals surface area contributed by atoms with E-state index >= 15 is 0 Å². The van der Waals surface area contributed by atoms with Gasteiger partial charge in [0.1, 0.15) is 0 Å². The lowest BCUT2D eigenvalue weighted by atomic mass is 10.1. The van der Waals surface area contributed by atoms with Crippen molar-refractivity contribution >= 4 is 11.9 Å². The molecule has 0 radical (unpaired) electrons. The Bertz CT molecular complexity index is 1020. The number of ether oxygens (including phenoxy) is 1. The van der Waals surface area contributed by atoms with Crippen molar-refractivity contribution in [2.45, 2.75) is 270 Å². The zero-order chi connectivity index (χ0) is 43.7. The molecule has 6 nitrogen and oxygen atoms in total. The SMILES string of the molecule is CCCCC/C=C\C/C=C\CCCCCCCCCC(=O)OCCCCCC/C=C\CCCCCCCCCC(=O)NC(CO)C(O)/C=C/CCCCCCCCCCC. The maximum Gasteiger partial charge on any atom is 0.305 e. The van der Waals surface area contributed by atoms with Crippen molar-refractivity contribution in [1.29, 1.82) is 0 Å². The number of aliphatic hydroxyl groups excluding tert-OH is 2. The van der Waals surface area contributed by atoms with Gasteiger partial charge in [-0.3, -0.25) is 9.59 Å². The number of carbonyl (C=O) groups excluding carboxylic acids is 2. The van der Waals surface area contributed by atoms with Crippen molar-refractivity contribution in [1.82, 2.24) is 5.32 Å². The lowest BCUT2D eigenvalue weighted by molar-refractivity contribution is -0.143. The summed E-state index contributed by atoms with van der Waals surface area (Å²) in [6.45, 7) is 4.81. The van der Waals surface area contributed by atoms with E-state index < -0.39 is 12.1 Å². The number of hydrogen-bond donors (Lipinski definition) is 3. The van der Waals surface area contributed by atoms with Crippen LogP contribution in [0.4, 0.5) is 0 Å². The fourth-order valence-electron chi connectivity index (χ4n) is 7.54. The minimum absolute atomic E-state index is 0.0201. The van der Waals surface area contributed by atoms with E-state index in [2.05, 4.69) is 55.6 Å². The number of allylic oxidation sites excluding steroid dienone is 7. The van der Waals surface area contributed by atoms with E-state index in [0.29, 0.717) is 19.4 Å². The zero-order valence-electron chi connectivity index (χ0n) is 39.7. The third kappa shape index (κ3) is 45.3. The number of esters is 1. The smallest absolute Gasteiger partial charge is 0.305 e. The summed E-state index contributed by atoms with van der Waals surface area (Å²) < 4.78 is 5.46. The van der Waals surface area contributed by atoms with Gasteiger partial charge in [-0.15, -0.1) is 0 Å². The molecule has 0 aliphatic rings. The largest absolute Gasteiger partial charge is 0.466 e. The summed E-state index contributed by atoms with van der Waals surface area (Å²) in [5, 5.41) is 23.0. The first kappa shape index (κ1) is 57.8. The van der Waals surface area contributed by atoms with E-state index in [-0.39, 0.29) is 18.5 Å². The first-order valence-corrected chi connectivity index (χ1v) is 25.9. The van der Waals surface area contributed by atoms with Crippen molar-refractivity contribution in [3.8, 4) is 0 Å². The van der Waals surface area contributed by atoms with Crippen LogP contribution in [0.3, 0.4) is 0 Å². The summed E-state index contributed by atoms with van der Waals surface area (Å²) in [6.07, 6.45) is 61.1. The van der Waals surface area contributed by atoms with Gasteiger partial charge >= 0.3 is 5.97 Å². The second-order valence-corrected chi connectivity index (χ2v) is 17.5. The molecule has 0 bridgehead atoms. The van der Waals surface area contributed by atoms with E-state index in [1.54, 1.807) is 6.08 Å². The lowest BCUT2D eigenvalue weighted by Gasteiger charge is -2.20.